The first-order chi connectivity index (χ1) is 12.2. The largest absolute Gasteiger partial charge is 0.444 e. The van der Waals surface area contributed by atoms with Crippen LogP contribution in [0.1, 0.15) is 46.6 Å². The summed E-state index contributed by atoms with van der Waals surface area (Å²) in [5.41, 5.74) is 0.480. The Morgan fingerprint density at radius 2 is 1.88 bits per heavy atom. The van der Waals surface area contributed by atoms with Gasteiger partial charge in [-0.2, -0.15) is 0 Å². The molecule has 0 heterocycles. The summed E-state index contributed by atoms with van der Waals surface area (Å²) in [6, 6.07) is 9.32. The Morgan fingerprint density at radius 3 is 2.46 bits per heavy atom. The molecule has 0 aromatic heterocycles. The Morgan fingerprint density at radius 1 is 1.23 bits per heavy atom. The van der Waals surface area contributed by atoms with E-state index in [1.165, 1.54) is 0 Å². The van der Waals surface area contributed by atoms with E-state index in [4.69, 9.17) is 9.47 Å². The smallest absolute Gasteiger partial charge is 0.407 e. The third-order valence-corrected chi connectivity index (χ3v) is 3.34. The number of carbonyl (C=O) groups is 1. The fourth-order valence-electron chi connectivity index (χ4n) is 2.27. The molecule has 0 aliphatic heterocycles. The minimum Gasteiger partial charge on any atom is -0.444 e. The summed E-state index contributed by atoms with van der Waals surface area (Å²) in [4.78, 5) is 12.0. The van der Waals surface area contributed by atoms with E-state index >= 15 is 0 Å². The molecule has 0 aliphatic rings. The highest BCUT2D eigenvalue weighted by molar-refractivity contribution is 5.68. The Bertz CT molecular complexity index is 596. The molecular weight excluding hydrogens is 330 g/mol. The summed E-state index contributed by atoms with van der Waals surface area (Å²) in [6.45, 7) is 10.1. The normalized spacial score (nSPS) is 13.5. The second-order valence-electron chi connectivity index (χ2n) is 7.63. The Labute approximate surface area is 157 Å². The first kappa shape index (κ1) is 22.0. The van der Waals surface area contributed by atoms with Gasteiger partial charge in [0.15, 0.2) is 0 Å². The van der Waals surface area contributed by atoms with E-state index in [9.17, 15) is 9.90 Å². The molecule has 2 atom stereocenters. The Balaban J connectivity index is 2.52. The van der Waals surface area contributed by atoms with E-state index in [1.807, 2.05) is 44.2 Å². The number of alkyl carbamates (subject to hydrolysis) is 1. The second kappa shape index (κ2) is 10.8. The molecule has 0 aliphatic carbocycles. The standard InChI is InChI=1S/C21H31NO4/c1-16(2)14-18(22-20(24)26-21(3,4)5)19(23)12-9-13-25-15-17-10-7-6-8-11-17/h6-8,10-11,16,18-19,23H,13-15H2,1-5H3,(H,22,24)/t18-,19?/m0/s1. The molecule has 1 aromatic carbocycles. The lowest BCUT2D eigenvalue weighted by molar-refractivity contribution is 0.0447. The van der Waals surface area contributed by atoms with Gasteiger partial charge < -0.3 is 19.9 Å². The van der Waals surface area contributed by atoms with Crippen LogP contribution in [0.25, 0.3) is 0 Å². The van der Waals surface area contributed by atoms with Crippen LogP contribution in [0.15, 0.2) is 30.3 Å². The molecule has 144 valence electrons. The monoisotopic (exact) mass is 361 g/mol. The maximum absolute atomic E-state index is 12.0. The average Bonchev–Trinajstić information content (AvgIpc) is 2.52. The summed E-state index contributed by atoms with van der Waals surface area (Å²) in [5, 5.41) is 13.0. The van der Waals surface area contributed by atoms with E-state index in [2.05, 4.69) is 17.2 Å². The van der Waals surface area contributed by atoms with Crippen molar-refractivity contribution in [3.63, 3.8) is 0 Å². The van der Waals surface area contributed by atoms with Crippen molar-refractivity contribution in [3.8, 4) is 11.8 Å². The Hall–Kier alpha value is -2.03. The molecule has 1 unspecified atom stereocenters. The minimum absolute atomic E-state index is 0.215. The van der Waals surface area contributed by atoms with Crippen molar-refractivity contribution in [2.24, 2.45) is 5.92 Å². The number of ether oxygens (including phenoxy) is 2. The van der Waals surface area contributed by atoms with Crippen molar-refractivity contribution < 1.29 is 19.4 Å². The number of nitrogens with one attached hydrogen (secondary N) is 1. The number of hydrogen-bond donors (Lipinski definition) is 2. The van der Waals surface area contributed by atoms with Crippen molar-refractivity contribution in [1.29, 1.82) is 0 Å². The number of carbonyl (C=O) groups excluding carboxylic acids is 1. The number of aliphatic hydroxyl groups is 1. The lowest BCUT2D eigenvalue weighted by Crippen LogP contribution is -2.45. The van der Waals surface area contributed by atoms with Gasteiger partial charge in [-0.1, -0.05) is 56.0 Å². The molecule has 0 saturated carbocycles. The maximum atomic E-state index is 12.0. The van der Waals surface area contributed by atoms with Crippen molar-refractivity contribution in [3.05, 3.63) is 35.9 Å². The third kappa shape index (κ3) is 10.1. The molecule has 0 spiro atoms. The molecule has 0 radical (unpaired) electrons. The number of rotatable bonds is 7. The van der Waals surface area contributed by atoms with Gasteiger partial charge in [-0.15, -0.1) is 0 Å². The average molecular weight is 361 g/mol. The quantitative estimate of drug-likeness (QED) is 0.576. The lowest BCUT2D eigenvalue weighted by Gasteiger charge is -2.25. The highest BCUT2D eigenvalue weighted by atomic mass is 16.6. The van der Waals surface area contributed by atoms with Crippen LogP contribution in [0.5, 0.6) is 0 Å². The zero-order valence-electron chi connectivity index (χ0n) is 16.4. The van der Waals surface area contributed by atoms with Crippen LogP contribution in [-0.4, -0.2) is 35.6 Å². The highest BCUT2D eigenvalue weighted by Crippen LogP contribution is 2.11. The molecule has 1 amide bonds. The zero-order valence-corrected chi connectivity index (χ0v) is 16.4. The Kier molecular flexibility index (Phi) is 9.18. The van der Waals surface area contributed by atoms with Gasteiger partial charge in [0, 0.05) is 0 Å². The van der Waals surface area contributed by atoms with Crippen LogP contribution in [0.2, 0.25) is 0 Å². The van der Waals surface area contributed by atoms with Crippen molar-refractivity contribution >= 4 is 6.09 Å². The van der Waals surface area contributed by atoms with Crippen LogP contribution in [0, 0.1) is 17.8 Å². The molecule has 5 nitrogen and oxygen atoms in total. The van der Waals surface area contributed by atoms with Gasteiger partial charge in [0.1, 0.15) is 18.3 Å². The molecule has 2 N–H and O–H groups in total. The number of benzene rings is 1. The molecule has 26 heavy (non-hydrogen) atoms. The second-order valence-corrected chi connectivity index (χ2v) is 7.63. The lowest BCUT2D eigenvalue weighted by atomic mass is 9.99. The zero-order chi connectivity index (χ0) is 19.6. The maximum Gasteiger partial charge on any atom is 0.407 e. The molecule has 1 rings (SSSR count). The first-order valence-corrected chi connectivity index (χ1v) is 8.95. The number of hydrogen-bond acceptors (Lipinski definition) is 4. The van der Waals surface area contributed by atoms with E-state index in [1.54, 1.807) is 20.8 Å². The van der Waals surface area contributed by atoms with Crippen molar-refractivity contribution in [1.82, 2.24) is 5.32 Å². The number of aliphatic hydroxyl groups excluding tert-OH is 1. The molecule has 0 saturated heterocycles. The molecule has 5 heteroatoms. The van der Waals surface area contributed by atoms with Crippen LogP contribution in [-0.2, 0) is 16.1 Å². The SMILES string of the molecule is CC(C)C[C@H](NC(=O)OC(C)(C)C)C(O)C#CCOCc1ccccc1. The number of amides is 1. The topological polar surface area (TPSA) is 67.8 Å². The minimum atomic E-state index is -0.981. The van der Waals surface area contributed by atoms with Crippen LogP contribution < -0.4 is 5.32 Å². The van der Waals surface area contributed by atoms with E-state index in [0.29, 0.717) is 18.9 Å². The summed E-state index contributed by atoms with van der Waals surface area (Å²) in [6.07, 6.45) is -0.936. The molecular formula is C21H31NO4. The summed E-state index contributed by atoms with van der Waals surface area (Å²) in [7, 11) is 0. The predicted molar refractivity (Wildman–Crippen MR) is 102 cm³/mol. The van der Waals surface area contributed by atoms with Gasteiger partial charge in [-0.25, -0.2) is 4.79 Å². The summed E-state index contributed by atoms with van der Waals surface area (Å²) < 4.78 is 10.7. The van der Waals surface area contributed by atoms with Gasteiger partial charge in [0.05, 0.1) is 12.6 Å². The fourth-order valence-corrected chi connectivity index (χ4v) is 2.27. The van der Waals surface area contributed by atoms with Crippen LogP contribution >= 0.6 is 0 Å². The van der Waals surface area contributed by atoms with E-state index in [-0.39, 0.29) is 6.61 Å². The predicted octanol–water partition coefficient (Wildman–Crippen LogP) is 3.51. The molecule has 1 aromatic rings. The molecule has 0 bridgehead atoms. The van der Waals surface area contributed by atoms with Gasteiger partial charge in [-0.05, 0) is 38.7 Å². The summed E-state index contributed by atoms with van der Waals surface area (Å²) >= 11 is 0. The van der Waals surface area contributed by atoms with Gasteiger partial charge >= 0.3 is 6.09 Å². The van der Waals surface area contributed by atoms with Gasteiger partial charge in [-0.3, -0.25) is 0 Å². The van der Waals surface area contributed by atoms with E-state index in [0.717, 1.165) is 5.56 Å². The van der Waals surface area contributed by atoms with Gasteiger partial charge in [0.25, 0.3) is 0 Å². The first-order valence-electron chi connectivity index (χ1n) is 8.95. The van der Waals surface area contributed by atoms with E-state index < -0.39 is 23.8 Å². The van der Waals surface area contributed by atoms with Gasteiger partial charge in [0.2, 0.25) is 0 Å². The van der Waals surface area contributed by atoms with Crippen molar-refractivity contribution in [2.45, 2.75) is 65.4 Å². The van der Waals surface area contributed by atoms with Crippen LogP contribution in [0.3, 0.4) is 0 Å². The van der Waals surface area contributed by atoms with Crippen LogP contribution in [0.4, 0.5) is 4.79 Å². The third-order valence-electron chi connectivity index (χ3n) is 3.34. The molecule has 0 fully saturated rings. The van der Waals surface area contributed by atoms with Crippen molar-refractivity contribution in [2.75, 3.05) is 6.61 Å². The highest BCUT2D eigenvalue weighted by Gasteiger charge is 2.24. The summed E-state index contributed by atoms with van der Waals surface area (Å²) in [5.74, 6) is 5.86. The fraction of sp³-hybridized carbons (Fsp3) is 0.571.